The van der Waals surface area contributed by atoms with Gasteiger partial charge in [0, 0.05) is 22.2 Å². The molecule has 5 aromatic carbocycles. The van der Waals surface area contributed by atoms with E-state index in [1.54, 1.807) is 11.1 Å². The van der Waals surface area contributed by atoms with E-state index in [-0.39, 0.29) is 21.7 Å². The molecule has 0 radical (unpaired) electrons. The Morgan fingerprint density at radius 3 is 1.96 bits per heavy atom. The maximum atomic E-state index is 2.64. The summed E-state index contributed by atoms with van der Waals surface area (Å²) in [6, 6.07) is 37.9. The van der Waals surface area contributed by atoms with Crippen LogP contribution in [0.15, 0.2) is 114 Å². The van der Waals surface area contributed by atoms with Crippen molar-refractivity contribution in [3.63, 3.8) is 0 Å². The summed E-state index contributed by atoms with van der Waals surface area (Å²) in [6.45, 7) is 21.7. The van der Waals surface area contributed by atoms with E-state index in [9.17, 15) is 0 Å². The maximum Gasteiger partial charge on any atom is 0.0159 e. The fourth-order valence-corrected chi connectivity index (χ4v) is 10.7. The lowest BCUT2D eigenvalue weighted by molar-refractivity contribution is 0.561. The first-order valence-electron chi connectivity index (χ1n) is 19.5. The van der Waals surface area contributed by atoms with E-state index in [1.807, 2.05) is 0 Å². The van der Waals surface area contributed by atoms with E-state index in [4.69, 9.17) is 0 Å². The summed E-state index contributed by atoms with van der Waals surface area (Å²) in [4.78, 5) is 0. The van der Waals surface area contributed by atoms with Crippen molar-refractivity contribution >= 4 is 17.2 Å². The smallest absolute Gasteiger partial charge is 0.0159 e. The van der Waals surface area contributed by atoms with Crippen LogP contribution in [0.5, 0.6) is 0 Å². The Hall–Kier alpha value is -4.68. The van der Waals surface area contributed by atoms with Gasteiger partial charge < -0.3 is 0 Å². The van der Waals surface area contributed by atoms with E-state index in [2.05, 4.69) is 172 Å². The molecule has 0 nitrogen and oxygen atoms in total. The molecular weight excluding hydrogens is 625 g/mol. The first-order valence-corrected chi connectivity index (χ1v) is 19.5. The molecule has 0 saturated heterocycles. The lowest BCUT2D eigenvalue weighted by atomic mass is 9.71. The predicted molar refractivity (Wildman–Crippen MR) is 221 cm³/mol. The van der Waals surface area contributed by atoms with Crippen molar-refractivity contribution in [1.82, 2.24) is 0 Å². The third-order valence-electron chi connectivity index (χ3n) is 14.0. The molecule has 0 fully saturated rings. The van der Waals surface area contributed by atoms with Crippen molar-refractivity contribution in [2.75, 3.05) is 0 Å². The summed E-state index contributed by atoms with van der Waals surface area (Å²) in [6.07, 6.45) is 7.18. The zero-order chi connectivity index (χ0) is 36.1. The standard InChI is InChI=1S/C52H50/c1-49(2,3)36-18-14-30(15-19-36)33-16-20-37-39-26-47-41(28-45(39)50(4,5)43(37)24-33)42-29-46-40(27-48(42)52(47,8)9)38-21-17-34(25-44(38)51(46,6)7)35-22-31-12-10-11-13-32(31)23-35/h10-22,24-26,28-29,40H,23,27H2,1-9H3. The van der Waals surface area contributed by atoms with Crippen LogP contribution in [-0.2, 0) is 28.1 Å². The van der Waals surface area contributed by atoms with Crippen LogP contribution in [0.4, 0.5) is 0 Å². The quantitative estimate of drug-likeness (QED) is 0.175. The number of hydrogen-bond donors (Lipinski definition) is 0. The highest BCUT2D eigenvalue weighted by molar-refractivity contribution is 5.94. The third-order valence-corrected chi connectivity index (χ3v) is 14.0. The van der Waals surface area contributed by atoms with Gasteiger partial charge >= 0.3 is 0 Å². The Balaban J connectivity index is 1.02. The molecule has 0 aliphatic heterocycles. The summed E-state index contributed by atoms with van der Waals surface area (Å²) in [7, 11) is 0. The Bertz CT molecular complexity index is 2490. The molecule has 10 rings (SSSR count). The molecule has 1 unspecified atom stereocenters. The minimum atomic E-state index is -0.0767. The fourth-order valence-electron chi connectivity index (χ4n) is 10.7. The van der Waals surface area contributed by atoms with Gasteiger partial charge in [0.2, 0.25) is 0 Å². The van der Waals surface area contributed by atoms with Crippen molar-refractivity contribution < 1.29 is 0 Å². The molecule has 0 bridgehead atoms. The highest BCUT2D eigenvalue weighted by atomic mass is 14.5. The first-order chi connectivity index (χ1) is 24.6. The Kier molecular flexibility index (Phi) is 6.31. The lowest BCUT2D eigenvalue weighted by Gasteiger charge is -2.32. The van der Waals surface area contributed by atoms with Gasteiger partial charge in [0.15, 0.2) is 0 Å². The Labute approximate surface area is 311 Å². The largest absolute Gasteiger partial charge is 0.0619 e. The van der Waals surface area contributed by atoms with Gasteiger partial charge in [0.25, 0.3) is 0 Å². The molecule has 0 saturated carbocycles. The third kappa shape index (κ3) is 4.27. The molecule has 0 N–H and O–H groups in total. The van der Waals surface area contributed by atoms with Crippen LogP contribution >= 0.6 is 0 Å². The van der Waals surface area contributed by atoms with Crippen molar-refractivity contribution in [3.05, 3.63) is 170 Å². The van der Waals surface area contributed by atoms with Gasteiger partial charge in [-0.15, -0.1) is 0 Å². The SMILES string of the molecule is CC(C)(C)c1ccc(-c2ccc3c(c2)C(C)(C)c2cc4c(cc2-3)C(C)(C)C2=C4C=C3C(C2)c2ccc(C4=Cc5ccccc5C4)cc2C3(C)C)cc1. The minimum Gasteiger partial charge on any atom is -0.0619 e. The lowest BCUT2D eigenvalue weighted by Crippen LogP contribution is -2.22. The number of hydrogen-bond acceptors (Lipinski definition) is 0. The van der Waals surface area contributed by atoms with E-state index >= 15 is 0 Å². The molecule has 1 atom stereocenters. The highest BCUT2D eigenvalue weighted by Gasteiger charge is 2.49. The van der Waals surface area contributed by atoms with Gasteiger partial charge in [-0.25, -0.2) is 0 Å². The van der Waals surface area contributed by atoms with Crippen LogP contribution < -0.4 is 0 Å². The van der Waals surface area contributed by atoms with Crippen LogP contribution in [0, 0.1) is 0 Å². The molecule has 52 heavy (non-hydrogen) atoms. The topological polar surface area (TPSA) is 0 Å². The van der Waals surface area contributed by atoms with Crippen LogP contribution in [0.2, 0.25) is 0 Å². The zero-order valence-corrected chi connectivity index (χ0v) is 32.4. The van der Waals surface area contributed by atoms with Gasteiger partial charge in [-0.2, -0.15) is 0 Å². The molecule has 5 aliphatic carbocycles. The zero-order valence-electron chi connectivity index (χ0n) is 32.4. The Morgan fingerprint density at radius 1 is 0.558 bits per heavy atom. The van der Waals surface area contributed by atoms with Gasteiger partial charge in [0.05, 0.1) is 0 Å². The minimum absolute atomic E-state index is 0.0127. The second kappa shape index (κ2) is 10.3. The van der Waals surface area contributed by atoms with E-state index in [0.717, 1.165) is 12.8 Å². The van der Waals surface area contributed by atoms with Crippen LogP contribution in [0.1, 0.15) is 130 Å². The second-order valence-corrected chi connectivity index (χ2v) is 19.0. The average Bonchev–Trinajstić information content (AvgIpc) is 3.78. The monoisotopic (exact) mass is 674 g/mol. The van der Waals surface area contributed by atoms with Crippen molar-refractivity contribution in [1.29, 1.82) is 0 Å². The van der Waals surface area contributed by atoms with Crippen LogP contribution in [0.3, 0.4) is 0 Å². The molecule has 5 aliphatic rings. The molecular formula is C52H50. The van der Waals surface area contributed by atoms with Gasteiger partial charge in [-0.3, -0.25) is 0 Å². The van der Waals surface area contributed by atoms with E-state index in [1.165, 1.54) is 89.0 Å². The van der Waals surface area contributed by atoms with Crippen molar-refractivity contribution in [3.8, 4) is 22.3 Å². The molecule has 0 amide bonds. The second-order valence-electron chi connectivity index (χ2n) is 19.0. The Morgan fingerprint density at radius 2 is 1.21 bits per heavy atom. The highest BCUT2D eigenvalue weighted by Crippen LogP contribution is 2.62. The van der Waals surface area contributed by atoms with Gasteiger partial charge in [-0.05, 0) is 125 Å². The number of fused-ring (bicyclic) bond motifs is 9. The average molecular weight is 675 g/mol. The number of benzene rings is 5. The van der Waals surface area contributed by atoms with Crippen LogP contribution in [-0.4, -0.2) is 0 Å². The van der Waals surface area contributed by atoms with E-state index < -0.39 is 0 Å². The molecule has 258 valence electrons. The normalized spacial score (nSPS) is 20.7. The van der Waals surface area contributed by atoms with Crippen LogP contribution in [0.25, 0.3) is 39.5 Å². The summed E-state index contributed by atoms with van der Waals surface area (Å²) in [5.41, 5.74) is 26.1. The van der Waals surface area contributed by atoms with Crippen molar-refractivity contribution in [2.45, 2.75) is 103 Å². The predicted octanol–water partition coefficient (Wildman–Crippen LogP) is 13.5. The molecule has 0 aromatic heterocycles. The van der Waals surface area contributed by atoms with Gasteiger partial charge in [0.1, 0.15) is 0 Å². The van der Waals surface area contributed by atoms with Gasteiger partial charge in [-0.1, -0.05) is 164 Å². The summed E-state index contributed by atoms with van der Waals surface area (Å²) in [5, 5.41) is 0. The summed E-state index contributed by atoms with van der Waals surface area (Å²) in [5.74, 6) is 0.445. The maximum absolute atomic E-state index is 2.64. The number of rotatable bonds is 2. The van der Waals surface area contributed by atoms with Crippen molar-refractivity contribution in [2.24, 2.45) is 0 Å². The molecule has 0 heterocycles. The summed E-state index contributed by atoms with van der Waals surface area (Å²) >= 11 is 0. The number of allylic oxidation sites excluding steroid dienone is 5. The molecule has 5 aromatic rings. The first kappa shape index (κ1) is 32.0. The molecule has 0 heteroatoms. The fraction of sp³-hybridized carbons (Fsp3) is 0.308. The van der Waals surface area contributed by atoms with E-state index in [0.29, 0.717) is 5.92 Å². The summed E-state index contributed by atoms with van der Waals surface area (Å²) < 4.78 is 0. The molecule has 0 spiro atoms.